The van der Waals surface area contributed by atoms with Gasteiger partial charge in [-0.3, -0.25) is 4.90 Å². The molecule has 1 aromatic rings. The summed E-state index contributed by atoms with van der Waals surface area (Å²) in [6, 6.07) is 5.00. The predicted octanol–water partition coefficient (Wildman–Crippen LogP) is 2.60. The van der Waals surface area contributed by atoms with Gasteiger partial charge in [0.15, 0.2) is 0 Å². The van der Waals surface area contributed by atoms with Crippen LogP contribution in [0.3, 0.4) is 0 Å². The van der Waals surface area contributed by atoms with E-state index < -0.39 is 0 Å². The van der Waals surface area contributed by atoms with Gasteiger partial charge >= 0.3 is 0 Å². The Balaban J connectivity index is 0.000000810. The molecular weight excluding hydrogens is 269 g/mol. The second-order valence-electron chi connectivity index (χ2n) is 5.11. The van der Waals surface area contributed by atoms with E-state index in [1.54, 1.807) is 0 Å². The van der Waals surface area contributed by atoms with E-state index in [0.29, 0.717) is 6.04 Å². The van der Waals surface area contributed by atoms with E-state index in [4.69, 9.17) is 0 Å². The van der Waals surface area contributed by atoms with Crippen LogP contribution in [0.1, 0.15) is 31.0 Å². The Labute approximate surface area is 122 Å². The second-order valence-corrected chi connectivity index (χ2v) is 5.11. The van der Waals surface area contributed by atoms with Crippen molar-refractivity contribution in [2.45, 2.75) is 25.3 Å². The molecule has 2 fully saturated rings. The lowest BCUT2D eigenvalue weighted by molar-refractivity contribution is 0.158. The molecule has 1 saturated carbocycles. The van der Waals surface area contributed by atoms with Gasteiger partial charge in [-0.05, 0) is 24.5 Å². The minimum absolute atomic E-state index is 0. The molecule has 2 aliphatic rings. The van der Waals surface area contributed by atoms with Crippen LogP contribution in [0.15, 0.2) is 18.3 Å². The van der Waals surface area contributed by atoms with Gasteiger partial charge < -0.3 is 10.3 Å². The van der Waals surface area contributed by atoms with E-state index >= 15 is 0 Å². The summed E-state index contributed by atoms with van der Waals surface area (Å²) in [7, 11) is 0. The number of aromatic amines is 1. The van der Waals surface area contributed by atoms with Crippen molar-refractivity contribution >= 4 is 24.8 Å². The quantitative estimate of drug-likeness (QED) is 0.894. The van der Waals surface area contributed by atoms with Crippen LogP contribution in [-0.2, 0) is 0 Å². The second kappa shape index (κ2) is 7.39. The van der Waals surface area contributed by atoms with E-state index in [2.05, 4.69) is 33.5 Å². The Morgan fingerprint density at radius 1 is 1.22 bits per heavy atom. The van der Waals surface area contributed by atoms with Crippen LogP contribution < -0.4 is 5.32 Å². The summed E-state index contributed by atoms with van der Waals surface area (Å²) < 4.78 is 0. The van der Waals surface area contributed by atoms with Crippen molar-refractivity contribution in [3.8, 4) is 0 Å². The van der Waals surface area contributed by atoms with Crippen molar-refractivity contribution in [1.82, 2.24) is 15.2 Å². The molecular formula is C13H23Cl2N3. The van der Waals surface area contributed by atoms with Crippen LogP contribution in [0.5, 0.6) is 0 Å². The van der Waals surface area contributed by atoms with Gasteiger partial charge in [0.25, 0.3) is 0 Å². The minimum atomic E-state index is 0. The molecule has 2 heterocycles. The first-order valence-electron chi connectivity index (χ1n) is 6.51. The molecule has 3 rings (SSSR count). The molecule has 2 N–H and O–H groups in total. The van der Waals surface area contributed by atoms with E-state index in [1.165, 1.54) is 38.0 Å². The fourth-order valence-electron chi connectivity index (χ4n) is 2.69. The third-order valence-electron chi connectivity index (χ3n) is 3.83. The number of aromatic nitrogens is 1. The smallest absolute Gasteiger partial charge is 0.0502 e. The van der Waals surface area contributed by atoms with Crippen molar-refractivity contribution in [2.75, 3.05) is 26.2 Å². The Morgan fingerprint density at radius 3 is 2.50 bits per heavy atom. The van der Waals surface area contributed by atoms with Crippen LogP contribution in [0.4, 0.5) is 0 Å². The number of hydrogen-bond donors (Lipinski definition) is 2. The SMILES string of the molecule is Cl.Cl.c1c[nH]c([C@H](CC2CC2)N2CCNCC2)c1. The topological polar surface area (TPSA) is 31.1 Å². The highest BCUT2D eigenvalue weighted by atomic mass is 35.5. The van der Waals surface area contributed by atoms with E-state index in [0.717, 1.165) is 19.0 Å². The van der Waals surface area contributed by atoms with Crippen LogP contribution >= 0.6 is 24.8 Å². The number of halogens is 2. The maximum atomic E-state index is 3.43. The molecule has 3 nitrogen and oxygen atoms in total. The number of nitrogens with zero attached hydrogens (tertiary/aromatic N) is 1. The number of H-pyrrole nitrogens is 1. The molecule has 0 unspecified atom stereocenters. The number of piperazine rings is 1. The van der Waals surface area contributed by atoms with Crippen molar-refractivity contribution in [2.24, 2.45) is 5.92 Å². The van der Waals surface area contributed by atoms with E-state index in [9.17, 15) is 0 Å². The van der Waals surface area contributed by atoms with Gasteiger partial charge in [0.05, 0.1) is 6.04 Å². The first kappa shape index (κ1) is 15.8. The molecule has 1 atom stereocenters. The average molecular weight is 292 g/mol. The van der Waals surface area contributed by atoms with Gasteiger partial charge in [-0.15, -0.1) is 24.8 Å². The highest BCUT2D eigenvalue weighted by Crippen LogP contribution is 2.39. The van der Waals surface area contributed by atoms with Crippen LogP contribution in [-0.4, -0.2) is 36.1 Å². The summed E-state index contributed by atoms with van der Waals surface area (Å²) in [5.74, 6) is 0.989. The molecule has 104 valence electrons. The fourth-order valence-corrected chi connectivity index (χ4v) is 2.69. The first-order chi connectivity index (χ1) is 7.93. The zero-order valence-corrected chi connectivity index (χ0v) is 12.2. The molecule has 18 heavy (non-hydrogen) atoms. The zero-order valence-electron chi connectivity index (χ0n) is 10.6. The van der Waals surface area contributed by atoms with Crippen LogP contribution in [0, 0.1) is 5.92 Å². The van der Waals surface area contributed by atoms with Gasteiger partial charge in [0.1, 0.15) is 0 Å². The summed E-state index contributed by atoms with van der Waals surface area (Å²) in [6.07, 6.45) is 6.30. The molecule has 1 aliphatic heterocycles. The third-order valence-corrected chi connectivity index (χ3v) is 3.83. The lowest BCUT2D eigenvalue weighted by atomic mass is 10.0. The summed E-state index contributed by atoms with van der Waals surface area (Å²) in [5.41, 5.74) is 1.41. The van der Waals surface area contributed by atoms with Gasteiger partial charge in [-0.25, -0.2) is 0 Å². The first-order valence-corrected chi connectivity index (χ1v) is 6.51. The average Bonchev–Trinajstić information content (AvgIpc) is 3.00. The van der Waals surface area contributed by atoms with Crippen LogP contribution in [0.25, 0.3) is 0 Å². The Kier molecular flexibility index (Phi) is 6.50. The largest absolute Gasteiger partial charge is 0.364 e. The zero-order chi connectivity index (χ0) is 10.8. The Bertz CT molecular complexity index is 319. The van der Waals surface area contributed by atoms with Gasteiger partial charge in [-0.2, -0.15) is 0 Å². The molecule has 0 radical (unpaired) electrons. The monoisotopic (exact) mass is 291 g/mol. The lowest BCUT2D eigenvalue weighted by Gasteiger charge is -2.34. The number of rotatable bonds is 4. The number of nitrogens with one attached hydrogen (secondary N) is 2. The maximum Gasteiger partial charge on any atom is 0.0502 e. The summed E-state index contributed by atoms with van der Waals surface area (Å²) in [4.78, 5) is 6.05. The van der Waals surface area contributed by atoms with Crippen molar-refractivity contribution < 1.29 is 0 Å². The minimum Gasteiger partial charge on any atom is -0.364 e. The molecule has 0 amide bonds. The summed E-state index contributed by atoms with van der Waals surface area (Å²) in [5, 5.41) is 3.43. The van der Waals surface area contributed by atoms with Gasteiger partial charge in [-0.1, -0.05) is 12.8 Å². The maximum absolute atomic E-state index is 3.43. The van der Waals surface area contributed by atoms with E-state index in [-0.39, 0.29) is 24.8 Å². The van der Waals surface area contributed by atoms with Gasteiger partial charge in [0, 0.05) is 38.1 Å². The molecule has 1 saturated heterocycles. The molecule has 0 spiro atoms. The lowest BCUT2D eigenvalue weighted by Crippen LogP contribution is -2.45. The van der Waals surface area contributed by atoms with Crippen molar-refractivity contribution in [3.05, 3.63) is 24.0 Å². The van der Waals surface area contributed by atoms with Crippen LogP contribution in [0.2, 0.25) is 0 Å². The predicted molar refractivity (Wildman–Crippen MR) is 79.8 cm³/mol. The highest BCUT2D eigenvalue weighted by molar-refractivity contribution is 5.85. The molecule has 0 aromatic carbocycles. The standard InChI is InChI=1S/C13H21N3.2ClH/c1-2-12(15-5-1)13(10-11-3-4-11)16-8-6-14-7-9-16;;/h1-2,5,11,13-15H,3-4,6-10H2;2*1H/t13-;;/m0../s1. The molecule has 1 aromatic heterocycles. The molecule has 0 bridgehead atoms. The summed E-state index contributed by atoms with van der Waals surface area (Å²) >= 11 is 0. The molecule has 5 heteroatoms. The number of hydrogen-bond acceptors (Lipinski definition) is 2. The highest BCUT2D eigenvalue weighted by Gasteiger charge is 2.30. The van der Waals surface area contributed by atoms with Gasteiger partial charge in [0.2, 0.25) is 0 Å². The van der Waals surface area contributed by atoms with Crippen molar-refractivity contribution in [3.63, 3.8) is 0 Å². The third kappa shape index (κ3) is 3.89. The van der Waals surface area contributed by atoms with Crippen molar-refractivity contribution in [1.29, 1.82) is 0 Å². The normalized spacial score (nSPS) is 21.8. The Hall–Kier alpha value is -0.220. The molecule has 1 aliphatic carbocycles. The summed E-state index contributed by atoms with van der Waals surface area (Å²) in [6.45, 7) is 4.66. The van der Waals surface area contributed by atoms with E-state index in [1.807, 2.05) is 0 Å². The fraction of sp³-hybridized carbons (Fsp3) is 0.692. The Morgan fingerprint density at radius 2 is 1.94 bits per heavy atom.